The van der Waals surface area contributed by atoms with Crippen LogP contribution < -0.4 is 15.2 Å². The Morgan fingerprint density at radius 2 is 1.56 bits per heavy atom. The first-order chi connectivity index (χ1) is 17.2. The van der Waals surface area contributed by atoms with Crippen LogP contribution in [0.5, 0.6) is 11.5 Å². The number of nitrogens with zero attached hydrogens (tertiary/aromatic N) is 1. The van der Waals surface area contributed by atoms with Gasteiger partial charge in [-0.05, 0) is 56.4 Å². The van der Waals surface area contributed by atoms with Gasteiger partial charge in [-0.1, -0.05) is 72.3 Å². The molecule has 1 aliphatic rings. The van der Waals surface area contributed by atoms with Crippen LogP contribution in [0, 0.1) is 0 Å². The third-order valence-corrected chi connectivity index (χ3v) is 7.67. The zero-order valence-corrected chi connectivity index (χ0v) is 22.0. The normalized spacial score (nSPS) is 16.6. The van der Waals surface area contributed by atoms with E-state index in [2.05, 4.69) is 18.7 Å². The number of hydrogen-bond donors (Lipinski definition) is 1. The summed E-state index contributed by atoms with van der Waals surface area (Å²) in [6.45, 7) is 6.18. The maximum absolute atomic E-state index is 13.2. The quantitative estimate of drug-likeness (QED) is 0.375. The van der Waals surface area contributed by atoms with Gasteiger partial charge in [0.15, 0.2) is 0 Å². The molecule has 0 aromatic heterocycles. The second-order valence-electron chi connectivity index (χ2n) is 10.1. The number of amides is 1. The Labute approximate surface area is 219 Å². The van der Waals surface area contributed by atoms with Crippen molar-refractivity contribution in [1.82, 2.24) is 4.90 Å². The summed E-state index contributed by atoms with van der Waals surface area (Å²) in [4.78, 5) is 15.6. The summed E-state index contributed by atoms with van der Waals surface area (Å²) in [5, 5.41) is 0.587. The van der Waals surface area contributed by atoms with Crippen molar-refractivity contribution < 1.29 is 14.3 Å². The molecular weight excluding hydrogens is 472 g/mol. The van der Waals surface area contributed by atoms with E-state index in [0.717, 1.165) is 37.1 Å². The minimum Gasteiger partial charge on any atom is -0.497 e. The fourth-order valence-electron chi connectivity index (χ4n) is 5.25. The molecule has 0 spiro atoms. The SMILES string of the molecule is COc1cc(Cl)cc(O[C@H]2CCN(C(C)(C)CCC(C(N)=O)(c3ccccc3)c3ccccc3)C2)c1. The van der Waals surface area contributed by atoms with Gasteiger partial charge in [-0.3, -0.25) is 9.69 Å². The monoisotopic (exact) mass is 506 g/mol. The molecule has 1 fully saturated rings. The number of carbonyl (C=O) groups is 1. The van der Waals surface area contributed by atoms with Crippen LogP contribution in [-0.4, -0.2) is 42.6 Å². The molecule has 1 atom stereocenters. The summed E-state index contributed by atoms with van der Waals surface area (Å²) >= 11 is 6.22. The second-order valence-corrected chi connectivity index (χ2v) is 10.6. The van der Waals surface area contributed by atoms with E-state index >= 15 is 0 Å². The molecule has 1 amide bonds. The molecule has 0 radical (unpaired) electrons. The number of carbonyl (C=O) groups excluding carboxylic acids is 1. The van der Waals surface area contributed by atoms with Crippen LogP contribution in [0.1, 0.15) is 44.2 Å². The van der Waals surface area contributed by atoms with Gasteiger partial charge < -0.3 is 15.2 Å². The van der Waals surface area contributed by atoms with Crippen molar-refractivity contribution in [2.24, 2.45) is 5.73 Å². The molecule has 0 bridgehead atoms. The highest BCUT2D eigenvalue weighted by molar-refractivity contribution is 6.30. The van der Waals surface area contributed by atoms with Gasteiger partial charge in [0.2, 0.25) is 5.91 Å². The van der Waals surface area contributed by atoms with Crippen molar-refractivity contribution in [2.45, 2.75) is 50.2 Å². The van der Waals surface area contributed by atoms with E-state index in [-0.39, 0.29) is 17.6 Å². The number of primary amides is 1. The largest absolute Gasteiger partial charge is 0.497 e. The first-order valence-electron chi connectivity index (χ1n) is 12.4. The number of methoxy groups -OCH3 is 1. The lowest BCUT2D eigenvalue weighted by Gasteiger charge is -2.40. The highest BCUT2D eigenvalue weighted by Gasteiger charge is 2.43. The molecule has 3 aromatic carbocycles. The van der Waals surface area contributed by atoms with Gasteiger partial charge in [0.1, 0.15) is 17.6 Å². The molecule has 1 heterocycles. The smallest absolute Gasteiger partial charge is 0.232 e. The van der Waals surface area contributed by atoms with Crippen LogP contribution in [0.25, 0.3) is 0 Å². The fraction of sp³-hybridized carbons (Fsp3) is 0.367. The van der Waals surface area contributed by atoms with E-state index in [0.29, 0.717) is 22.9 Å². The highest BCUT2D eigenvalue weighted by Crippen LogP contribution is 2.40. The van der Waals surface area contributed by atoms with E-state index in [1.54, 1.807) is 13.2 Å². The van der Waals surface area contributed by atoms with E-state index in [4.69, 9.17) is 26.8 Å². The molecule has 1 aliphatic heterocycles. The van der Waals surface area contributed by atoms with E-state index in [1.165, 1.54) is 0 Å². The fourth-order valence-corrected chi connectivity index (χ4v) is 5.46. The van der Waals surface area contributed by atoms with Crippen molar-refractivity contribution in [3.63, 3.8) is 0 Å². The van der Waals surface area contributed by atoms with Crippen molar-refractivity contribution in [3.8, 4) is 11.5 Å². The Balaban J connectivity index is 1.51. The predicted molar refractivity (Wildman–Crippen MR) is 145 cm³/mol. The summed E-state index contributed by atoms with van der Waals surface area (Å²) in [6.07, 6.45) is 2.36. The zero-order valence-electron chi connectivity index (χ0n) is 21.2. The lowest BCUT2D eigenvalue weighted by molar-refractivity contribution is -0.122. The van der Waals surface area contributed by atoms with Gasteiger partial charge in [0.05, 0.1) is 12.5 Å². The maximum atomic E-state index is 13.2. The van der Waals surface area contributed by atoms with Crippen molar-refractivity contribution in [2.75, 3.05) is 20.2 Å². The molecule has 36 heavy (non-hydrogen) atoms. The maximum Gasteiger partial charge on any atom is 0.232 e. The summed E-state index contributed by atoms with van der Waals surface area (Å²) in [5.74, 6) is 1.07. The van der Waals surface area contributed by atoms with Crippen LogP contribution in [0.4, 0.5) is 0 Å². The predicted octanol–water partition coefficient (Wildman–Crippen LogP) is 5.83. The third kappa shape index (κ3) is 5.53. The van der Waals surface area contributed by atoms with Gasteiger partial charge >= 0.3 is 0 Å². The minimum atomic E-state index is -0.896. The highest BCUT2D eigenvalue weighted by atomic mass is 35.5. The third-order valence-electron chi connectivity index (χ3n) is 7.45. The number of halogens is 1. The molecule has 0 unspecified atom stereocenters. The van der Waals surface area contributed by atoms with Gasteiger partial charge in [-0.2, -0.15) is 0 Å². The summed E-state index contributed by atoms with van der Waals surface area (Å²) in [5.41, 5.74) is 6.97. The topological polar surface area (TPSA) is 64.8 Å². The average Bonchev–Trinajstić information content (AvgIpc) is 3.34. The van der Waals surface area contributed by atoms with Gasteiger partial charge in [0, 0.05) is 29.7 Å². The molecule has 5 nitrogen and oxygen atoms in total. The van der Waals surface area contributed by atoms with Gasteiger partial charge in [0.25, 0.3) is 0 Å². The molecule has 0 saturated carbocycles. The Bertz CT molecular complexity index is 1130. The van der Waals surface area contributed by atoms with E-state index < -0.39 is 5.41 Å². The Morgan fingerprint density at radius 1 is 0.972 bits per heavy atom. The summed E-state index contributed by atoms with van der Waals surface area (Å²) in [6, 6.07) is 25.3. The number of benzene rings is 3. The molecular formula is C30H35ClN2O3. The first-order valence-corrected chi connectivity index (χ1v) is 12.8. The molecule has 3 aromatic rings. The van der Waals surface area contributed by atoms with Gasteiger partial charge in [-0.15, -0.1) is 0 Å². The second kappa shape index (κ2) is 10.9. The molecule has 6 heteroatoms. The Morgan fingerprint density at radius 3 is 2.11 bits per heavy atom. The average molecular weight is 507 g/mol. The zero-order chi connectivity index (χ0) is 25.8. The molecule has 4 rings (SSSR count). The lowest BCUT2D eigenvalue weighted by atomic mass is 9.69. The molecule has 2 N–H and O–H groups in total. The van der Waals surface area contributed by atoms with Crippen molar-refractivity contribution in [3.05, 3.63) is 95.0 Å². The van der Waals surface area contributed by atoms with Crippen molar-refractivity contribution >= 4 is 17.5 Å². The standard InChI is InChI=1S/C30H35ClN2O3/c1-29(2,33-17-14-25(21-33)36-27-19-24(31)18-26(20-27)35-3)15-16-30(28(32)34,22-10-6-4-7-11-22)23-12-8-5-9-13-23/h4-13,18-20,25H,14-17,21H2,1-3H3,(H2,32,34)/t25-/m0/s1. The van der Waals surface area contributed by atoms with Crippen LogP contribution in [0.2, 0.25) is 5.02 Å². The number of ether oxygens (including phenoxy) is 2. The van der Waals surface area contributed by atoms with Crippen LogP contribution in [0.15, 0.2) is 78.9 Å². The van der Waals surface area contributed by atoms with Crippen molar-refractivity contribution in [1.29, 1.82) is 0 Å². The van der Waals surface area contributed by atoms with Crippen LogP contribution >= 0.6 is 11.6 Å². The number of hydrogen-bond acceptors (Lipinski definition) is 4. The number of likely N-dealkylation sites (tertiary alicyclic amines) is 1. The van der Waals surface area contributed by atoms with E-state index in [1.807, 2.05) is 72.8 Å². The Kier molecular flexibility index (Phi) is 7.91. The van der Waals surface area contributed by atoms with Gasteiger partial charge in [-0.25, -0.2) is 0 Å². The summed E-state index contributed by atoms with van der Waals surface area (Å²) in [7, 11) is 1.62. The van der Waals surface area contributed by atoms with Crippen LogP contribution in [-0.2, 0) is 10.2 Å². The van der Waals surface area contributed by atoms with E-state index in [9.17, 15) is 4.79 Å². The summed E-state index contributed by atoms with van der Waals surface area (Å²) < 4.78 is 11.6. The minimum absolute atomic E-state index is 0.0524. The molecule has 190 valence electrons. The first kappa shape index (κ1) is 26.1. The Hall–Kier alpha value is -3.02. The number of rotatable bonds is 10. The number of nitrogens with two attached hydrogens (primary N) is 1. The molecule has 0 aliphatic carbocycles. The van der Waals surface area contributed by atoms with Crippen LogP contribution in [0.3, 0.4) is 0 Å². The lowest BCUT2D eigenvalue weighted by Crippen LogP contribution is -2.47. The molecule has 1 saturated heterocycles.